The van der Waals surface area contributed by atoms with Crippen LogP contribution >= 0.6 is 27.3 Å². The quantitative estimate of drug-likeness (QED) is 0.860. The molecule has 2 N–H and O–H groups in total. The zero-order chi connectivity index (χ0) is 14.1. The van der Waals surface area contributed by atoms with Crippen molar-refractivity contribution < 1.29 is 8.42 Å². The Hall–Kier alpha value is 0.0500. The average molecular weight is 367 g/mol. The van der Waals surface area contributed by atoms with Crippen molar-refractivity contribution in [1.82, 2.24) is 10.0 Å². The van der Waals surface area contributed by atoms with E-state index in [0.717, 1.165) is 23.2 Å². The summed E-state index contributed by atoms with van der Waals surface area (Å²) in [5.41, 5.74) is 0.122. The van der Waals surface area contributed by atoms with E-state index in [0.29, 0.717) is 10.8 Å². The summed E-state index contributed by atoms with van der Waals surface area (Å²) < 4.78 is 28.2. The van der Waals surface area contributed by atoms with Crippen molar-refractivity contribution in [2.45, 2.75) is 36.9 Å². The summed E-state index contributed by atoms with van der Waals surface area (Å²) in [4.78, 5) is 0. The number of sulfonamides is 1. The Morgan fingerprint density at radius 3 is 2.84 bits per heavy atom. The maximum absolute atomic E-state index is 12.1. The first-order valence-electron chi connectivity index (χ1n) is 6.30. The Kier molecular flexibility index (Phi) is 4.72. The van der Waals surface area contributed by atoms with Gasteiger partial charge in [0, 0.05) is 12.6 Å². The molecule has 1 unspecified atom stereocenters. The third-order valence-corrected chi connectivity index (χ3v) is 7.16. The predicted octanol–water partition coefficient (Wildman–Crippen LogP) is 2.57. The van der Waals surface area contributed by atoms with Gasteiger partial charge in [0.15, 0.2) is 0 Å². The average Bonchev–Trinajstić information content (AvgIpc) is 2.75. The fourth-order valence-corrected chi connectivity index (χ4v) is 5.43. The van der Waals surface area contributed by atoms with Crippen molar-refractivity contribution in [3.63, 3.8) is 0 Å². The number of thiophene rings is 1. The van der Waals surface area contributed by atoms with Crippen molar-refractivity contribution in [1.29, 1.82) is 0 Å². The van der Waals surface area contributed by atoms with Gasteiger partial charge < -0.3 is 5.32 Å². The molecular formula is C12H19BrN2O2S2. The van der Waals surface area contributed by atoms with Gasteiger partial charge in [-0.3, -0.25) is 0 Å². The number of piperidine rings is 1. The smallest absolute Gasteiger partial charge is 0.250 e. The highest BCUT2D eigenvalue weighted by atomic mass is 79.9. The van der Waals surface area contributed by atoms with Gasteiger partial charge in [-0.1, -0.05) is 13.8 Å². The van der Waals surface area contributed by atoms with Crippen LogP contribution in [0.4, 0.5) is 0 Å². The molecule has 0 bridgehead atoms. The molecule has 4 nitrogen and oxygen atoms in total. The van der Waals surface area contributed by atoms with Gasteiger partial charge in [-0.25, -0.2) is 13.1 Å². The monoisotopic (exact) mass is 366 g/mol. The Morgan fingerprint density at radius 1 is 1.53 bits per heavy atom. The third-order valence-electron chi connectivity index (χ3n) is 3.62. The lowest BCUT2D eigenvalue weighted by molar-refractivity contribution is 0.182. The molecule has 1 aromatic heterocycles. The molecular weight excluding hydrogens is 348 g/mol. The number of nitrogens with one attached hydrogen (secondary N) is 2. The first-order chi connectivity index (χ1) is 8.81. The molecule has 0 aromatic carbocycles. The first kappa shape index (κ1) is 15.4. The maximum atomic E-state index is 12.1. The van der Waals surface area contributed by atoms with E-state index in [4.69, 9.17) is 0 Å². The largest absolute Gasteiger partial charge is 0.312 e. The molecule has 0 radical (unpaired) electrons. The Balaban J connectivity index is 2.02. The molecule has 1 saturated heterocycles. The Labute approximate surface area is 127 Å². The zero-order valence-electron chi connectivity index (χ0n) is 11.1. The highest BCUT2D eigenvalue weighted by Crippen LogP contribution is 2.30. The number of hydrogen-bond acceptors (Lipinski definition) is 4. The second-order valence-corrected chi connectivity index (χ2v) is 9.97. The second-order valence-electron chi connectivity index (χ2n) is 5.51. The molecule has 1 aliphatic heterocycles. The van der Waals surface area contributed by atoms with E-state index in [1.807, 2.05) is 0 Å². The first-order valence-corrected chi connectivity index (χ1v) is 9.39. The van der Waals surface area contributed by atoms with Crippen LogP contribution < -0.4 is 10.0 Å². The van der Waals surface area contributed by atoms with E-state index in [-0.39, 0.29) is 11.5 Å². The van der Waals surface area contributed by atoms with Crippen LogP contribution in [0.25, 0.3) is 0 Å². The topological polar surface area (TPSA) is 58.2 Å². The van der Waals surface area contributed by atoms with E-state index < -0.39 is 10.0 Å². The summed E-state index contributed by atoms with van der Waals surface area (Å²) >= 11 is 4.51. The van der Waals surface area contributed by atoms with E-state index in [2.05, 4.69) is 39.8 Å². The van der Waals surface area contributed by atoms with Gasteiger partial charge in [-0.15, -0.1) is 11.3 Å². The van der Waals surface area contributed by atoms with E-state index in [9.17, 15) is 8.42 Å². The standard InChI is InChI=1S/C12H19BrN2O2S2/c1-12(2)6-3-7-14-9(12)8-15-19(16,17)11-5-4-10(13)18-11/h4-5,9,14-15H,3,6-8H2,1-2H3. The molecule has 19 heavy (non-hydrogen) atoms. The summed E-state index contributed by atoms with van der Waals surface area (Å²) in [7, 11) is -3.39. The number of rotatable bonds is 4. The van der Waals surface area contributed by atoms with Crippen LogP contribution in [0.5, 0.6) is 0 Å². The van der Waals surface area contributed by atoms with Gasteiger partial charge in [-0.05, 0) is 52.9 Å². The van der Waals surface area contributed by atoms with Crippen LogP contribution in [0.2, 0.25) is 0 Å². The van der Waals surface area contributed by atoms with Gasteiger partial charge in [0.05, 0.1) is 3.79 Å². The molecule has 0 spiro atoms. The fourth-order valence-electron chi connectivity index (χ4n) is 2.33. The maximum Gasteiger partial charge on any atom is 0.250 e. The van der Waals surface area contributed by atoms with Crippen LogP contribution in [0.15, 0.2) is 20.1 Å². The van der Waals surface area contributed by atoms with Crippen LogP contribution in [-0.4, -0.2) is 27.5 Å². The van der Waals surface area contributed by atoms with Crippen molar-refractivity contribution in [2.24, 2.45) is 5.41 Å². The summed E-state index contributed by atoms with van der Waals surface area (Å²) in [6.07, 6.45) is 2.27. The minimum atomic E-state index is -3.39. The van der Waals surface area contributed by atoms with E-state index >= 15 is 0 Å². The Bertz CT molecular complexity index is 540. The molecule has 108 valence electrons. The van der Waals surface area contributed by atoms with E-state index in [1.165, 1.54) is 11.3 Å². The lowest BCUT2D eigenvalue weighted by atomic mass is 9.78. The van der Waals surface area contributed by atoms with Crippen molar-refractivity contribution in [3.05, 3.63) is 15.9 Å². The molecule has 1 aliphatic rings. The van der Waals surface area contributed by atoms with Gasteiger partial charge in [0.2, 0.25) is 10.0 Å². The summed E-state index contributed by atoms with van der Waals surface area (Å²) in [6, 6.07) is 3.55. The molecule has 2 heterocycles. The van der Waals surface area contributed by atoms with Crippen LogP contribution in [-0.2, 0) is 10.0 Å². The summed E-state index contributed by atoms with van der Waals surface area (Å²) in [6.45, 7) is 5.75. The van der Waals surface area contributed by atoms with Crippen LogP contribution in [0, 0.1) is 5.41 Å². The van der Waals surface area contributed by atoms with Gasteiger partial charge in [0.1, 0.15) is 4.21 Å². The second kappa shape index (κ2) is 5.81. The fraction of sp³-hybridized carbons (Fsp3) is 0.667. The molecule has 0 amide bonds. The lowest BCUT2D eigenvalue weighted by Gasteiger charge is -2.39. The van der Waals surface area contributed by atoms with Crippen LogP contribution in [0.3, 0.4) is 0 Å². The molecule has 1 fully saturated rings. The highest BCUT2D eigenvalue weighted by molar-refractivity contribution is 9.11. The summed E-state index contributed by atoms with van der Waals surface area (Å²) in [5, 5.41) is 3.41. The molecule has 2 rings (SSSR count). The number of hydrogen-bond donors (Lipinski definition) is 2. The molecule has 7 heteroatoms. The minimum Gasteiger partial charge on any atom is -0.312 e. The normalized spacial score (nSPS) is 23.4. The van der Waals surface area contributed by atoms with Crippen molar-refractivity contribution >= 4 is 37.3 Å². The van der Waals surface area contributed by atoms with Crippen molar-refractivity contribution in [3.8, 4) is 0 Å². The Morgan fingerprint density at radius 2 is 2.26 bits per heavy atom. The number of halogens is 1. The van der Waals surface area contributed by atoms with Gasteiger partial charge >= 0.3 is 0 Å². The van der Waals surface area contributed by atoms with Gasteiger partial charge in [-0.2, -0.15) is 0 Å². The predicted molar refractivity (Wildman–Crippen MR) is 82.0 cm³/mol. The minimum absolute atomic E-state index is 0.122. The van der Waals surface area contributed by atoms with Crippen molar-refractivity contribution in [2.75, 3.05) is 13.1 Å². The highest BCUT2D eigenvalue weighted by Gasteiger charge is 2.32. The van der Waals surface area contributed by atoms with Crippen LogP contribution in [0.1, 0.15) is 26.7 Å². The lowest BCUT2D eigenvalue weighted by Crippen LogP contribution is -2.52. The third kappa shape index (κ3) is 3.78. The molecule has 1 aromatic rings. The SMILES string of the molecule is CC1(C)CCCNC1CNS(=O)(=O)c1ccc(Br)s1. The van der Waals surface area contributed by atoms with E-state index in [1.54, 1.807) is 12.1 Å². The molecule has 0 aliphatic carbocycles. The van der Waals surface area contributed by atoms with Gasteiger partial charge in [0.25, 0.3) is 0 Å². The molecule has 0 saturated carbocycles. The summed E-state index contributed by atoms with van der Waals surface area (Å²) in [5.74, 6) is 0. The zero-order valence-corrected chi connectivity index (χ0v) is 14.3. The molecule has 1 atom stereocenters.